The number of fused-ring (bicyclic) bond motifs is 1. The standard InChI is InChI=1S/C29H32N2O6/c1-19(15-16-34-17-23(32)37-29(2,3)4)35-27-25-24(20-11-13-22(33-5)14-12-20)26(21-9-7-6-8-10-21)36-28(25)31-18-30-27/h6-14,18-19H,15-17H2,1-5H3/t19-/m1/s1. The fourth-order valence-electron chi connectivity index (χ4n) is 3.85. The molecular weight excluding hydrogens is 472 g/mol. The summed E-state index contributed by atoms with van der Waals surface area (Å²) in [5.41, 5.74) is 2.57. The molecule has 4 rings (SSSR count). The minimum absolute atomic E-state index is 0.106. The van der Waals surface area contributed by atoms with Crippen molar-refractivity contribution in [3.05, 3.63) is 60.9 Å². The van der Waals surface area contributed by atoms with Crippen LogP contribution in [-0.2, 0) is 14.3 Å². The number of hydrogen-bond acceptors (Lipinski definition) is 8. The number of nitrogens with zero attached hydrogens (tertiary/aromatic N) is 2. The minimum atomic E-state index is -0.542. The van der Waals surface area contributed by atoms with Crippen LogP contribution in [-0.4, -0.2) is 48.0 Å². The number of methoxy groups -OCH3 is 1. The van der Waals surface area contributed by atoms with E-state index < -0.39 is 11.6 Å². The molecule has 0 radical (unpaired) electrons. The van der Waals surface area contributed by atoms with E-state index in [4.69, 9.17) is 23.4 Å². The van der Waals surface area contributed by atoms with Gasteiger partial charge in [0.1, 0.15) is 35.4 Å². The fraction of sp³-hybridized carbons (Fsp3) is 0.345. The molecule has 37 heavy (non-hydrogen) atoms. The monoisotopic (exact) mass is 504 g/mol. The molecule has 8 nitrogen and oxygen atoms in total. The van der Waals surface area contributed by atoms with E-state index in [0.29, 0.717) is 35.8 Å². The number of hydrogen-bond donors (Lipinski definition) is 0. The molecule has 194 valence electrons. The third-order valence-corrected chi connectivity index (χ3v) is 5.49. The molecule has 0 aliphatic heterocycles. The number of aromatic nitrogens is 2. The third kappa shape index (κ3) is 6.65. The maximum absolute atomic E-state index is 11.9. The summed E-state index contributed by atoms with van der Waals surface area (Å²) in [6, 6.07) is 17.6. The maximum Gasteiger partial charge on any atom is 0.332 e. The Balaban J connectivity index is 1.58. The van der Waals surface area contributed by atoms with Gasteiger partial charge in [-0.3, -0.25) is 0 Å². The second-order valence-corrected chi connectivity index (χ2v) is 9.62. The highest BCUT2D eigenvalue weighted by Crippen LogP contribution is 2.43. The highest BCUT2D eigenvalue weighted by molar-refractivity contribution is 6.03. The predicted octanol–water partition coefficient (Wildman–Crippen LogP) is 6.08. The van der Waals surface area contributed by atoms with Gasteiger partial charge in [0.25, 0.3) is 0 Å². The molecule has 0 N–H and O–H groups in total. The lowest BCUT2D eigenvalue weighted by atomic mass is 9.99. The Bertz CT molecular complexity index is 1330. The first-order chi connectivity index (χ1) is 17.7. The van der Waals surface area contributed by atoms with Crippen LogP contribution in [0, 0.1) is 0 Å². The van der Waals surface area contributed by atoms with E-state index in [9.17, 15) is 4.79 Å². The van der Waals surface area contributed by atoms with Crippen LogP contribution in [0.5, 0.6) is 11.6 Å². The van der Waals surface area contributed by atoms with Crippen molar-refractivity contribution in [3.8, 4) is 34.1 Å². The average molecular weight is 505 g/mol. The Morgan fingerprint density at radius 1 is 1.00 bits per heavy atom. The van der Waals surface area contributed by atoms with Gasteiger partial charge in [-0.15, -0.1) is 0 Å². The first-order valence-electron chi connectivity index (χ1n) is 12.2. The van der Waals surface area contributed by atoms with Crippen LogP contribution in [0.3, 0.4) is 0 Å². The lowest BCUT2D eigenvalue weighted by molar-refractivity contribution is -0.160. The van der Waals surface area contributed by atoms with Crippen molar-refractivity contribution in [1.82, 2.24) is 9.97 Å². The number of furan rings is 1. The van der Waals surface area contributed by atoms with Gasteiger partial charge in [-0.2, -0.15) is 0 Å². The zero-order valence-corrected chi connectivity index (χ0v) is 21.8. The number of rotatable bonds is 10. The predicted molar refractivity (Wildman–Crippen MR) is 141 cm³/mol. The van der Waals surface area contributed by atoms with Crippen molar-refractivity contribution < 1.29 is 28.2 Å². The Morgan fingerprint density at radius 2 is 1.73 bits per heavy atom. The van der Waals surface area contributed by atoms with Gasteiger partial charge in [0.15, 0.2) is 0 Å². The second-order valence-electron chi connectivity index (χ2n) is 9.62. The van der Waals surface area contributed by atoms with Gasteiger partial charge in [-0.05, 0) is 45.4 Å². The van der Waals surface area contributed by atoms with Crippen LogP contribution in [0.4, 0.5) is 0 Å². The van der Waals surface area contributed by atoms with E-state index >= 15 is 0 Å². The topological polar surface area (TPSA) is 92.9 Å². The van der Waals surface area contributed by atoms with Gasteiger partial charge in [0, 0.05) is 17.5 Å². The lowest BCUT2D eigenvalue weighted by Crippen LogP contribution is -2.27. The number of esters is 1. The molecule has 0 aliphatic carbocycles. The molecule has 0 unspecified atom stereocenters. The first kappa shape index (κ1) is 26.2. The molecule has 2 heterocycles. The number of benzene rings is 2. The van der Waals surface area contributed by atoms with E-state index in [2.05, 4.69) is 9.97 Å². The highest BCUT2D eigenvalue weighted by atomic mass is 16.6. The smallest absolute Gasteiger partial charge is 0.332 e. The second kappa shape index (κ2) is 11.4. The number of carbonyl (C=O) groups is 1. The van der Waals surface area contributed by atoms with Crippen LogP contribution >= 0.6 is 0 Å². The Morgan fingerprint density at radius 3 is 2.41 bits per heavy atom. The Labute approximate surface area is 216 Å². The summed E-state index contributed by atoms with van der Waals surface area (Å²) in [5, 5.41) is 0.688. The molecule has 0 saturated heterocycles. The quantitative estimate of drug-likeness (QED) is 0.189. The number of carbonyl (C=O) groups excluding carboxylic acids is 1. The molecule has 1 atom stereocenters. The van der Waals surface area contributed by atoms with Gasteiger partial charge in [-0.1, -0.05) is 42.5 Å². The van der Waals surface area contributed by atoms with Crippen molar-refractivity contribution in [2.75, 3.05) is 20.3 Å². The molecule has 8 heteroatoms. The van der Waals surface area contributed by atoms with Crippen molar-refractivity contribution in [1.29, 1.82) is 0 Å². The molecule has 0 fully saturated rings. The Hall–Kier alpha value is -3.91. The molecule has 0 saturated carbocycles. The van der Waals surface area contributed by atoms with Gasteiger partial charge >= 0.3 is 5.97 Å². The summed E-state index contributed by atoms with van der Waals surface area (Å²) >= 11 is 0. The van der Waals surface area contributed by atoms with Crippen molar-refractivity contribution in [3.63, 3.8) is 0 Å². The number of ether oxygens (including phenoxy) is 4. The largest absolute Gasteiger partial charge is 0.497 e. The summed E-state index contributed by atoms with van der Waals surface area (Å²) < 4.78 is 28.6. The van der Waals surface area contributed by atoms with Gasteiger partial charge in [0.05, 0.1) is 19.8 Å². The first-order valence-corrected chi connectivity index (χ1v) is 12.2. The summed E-state index contributed by atoms with van der Waals surface area (Å²) in [4.78, 5) is 20.7. The Kier molecular flexibility index (Phi) is 8.08. The summed E-state index contributed by atoms with van der Waals surface area (Å²) in [7, 11) is 1.63. The van der Waals surface area contributed by atoms with E-state index in [0.717, 1.165) is 22.4 Å². The molecule has 4 aromatic rings. The molecular formula is C29H32N2O6. The van der Waals surface area contributed by atoms with Gasteiger partial charge < -0.3 is 23.4 Å². The zero-order chi connectivity index (χ0) is 26.4. The lowest BCUT2D eigenvalue weighted by Gasteiger charge is -2.19. The van der Waals surface area contributed by atoms with Gasteiger partial charge in [-0.25, -0.2) is 14.8 Å². The maximum atomic E-state index is 11.9. The van der Waals surface area contributed by atoms with Crippen molar-refractivity contribution in [2.45, 2.75) is 45.8 Å². The van der Waals surface area contributed by atoms with Crippen LogP contribution in [0.15, 0.2) is 65.3 Å². The van der Waals surface area contributed by atoms with Crippen LogP contribution in [0.1, 0.15) is 34.1 Å². The normalized spacial score (nSPS) is 12.4. The molecule has 0 amide bonds. The fourth-order valence-corrected chi connectivity index (χ4v) is 3.85. The SMILES string of the molecule is COc1ccc(-c2c(-c3ccccc3)oc3ncnc(O[C@H](C)CCOCC(=O)OC(C)(C)C)c23)cc1. The van der Waals surface area contributed by atoms with Crippen molar-refractivity contribution in [2.24, 2.45) is 0 Å². The summed E-state index contributed by atoms with van der Waals surface area (Å²) in [6.07, 6.45) is 1.74. The van der Waals surface area contributed by atoms with Crippen LogP contribution in [0.25, 0.3) is 33.6 Å². The molecule has 0 bridgehead atoms. The minimum Gasteiger partial charge on any atom is -0.497 e. The van der Waals surface area contributed by atoms with Crippen LogP contribution in [0.2, 0.25) is 0 Å². The van der Waals surface area contributed by atoms with E-state index in [-0.39, 0.29) is 12.7 Å². The molecule has 0 aliphatic rings. The van der Waals surface area contributed by atoms with E-state index in [1.165, 1.54) is 6.33 Å². The molecule has 2 aromatic heterocycles. The van der Waals surface area contributed by atoms with Crippen LogP contribution < -0.4 is 9.47 Å². The average Bonchev–Trinajstić information content (AvgIpc) is 3.27. The van der Waals surface area contributed by atoms with E-state index in [1.54, 1.807) is 7.11 Å². The summed E-state index contributed by atoms with van der Waals surface area (Å²) in [5.74, 6) is 1.46. The van der Waals surface area contributed by atoms with E-state index in [1.807, 2.05) is 82.3 Å². The third-order valence-electron chi connectivity index (χ3n) is 5.49. The van der Waals surface area contributed by atoms with Gasteiger partial charge in [0.2, 0.25) is 11.6 Å². The molecule has 0 spiro atoms. The highest BCUT2D eigenvalue weighted by Gasteiger charge is 2.24. The van der Waals surface area contributed by atoms with Crippen molar-refractivity contribution >= 4 is 17.1 Å². The zero-order valence-electron chi connectivity index (χ0n) is 21.8. The summed E-state index contributed by atoms with van der Waals surface area (Å²) in [6.45, 7) is 7.62. The molecule has 2 aromatic carbocycles.